The third kappa shape index (κ3) is 3.27. The standard InChI is InChI=1S/C22H16ClFN4O2/c23-15-4-8-17(9-5-15)30-22-25-11-10-18(26-22)20-19(14-2-6-16(24)7-3-14)21(29)28-13-1-12-27(20)28/h2-11H,1,12-13H2. The number of ether oxygens (including phenoxy) is 1. The van der Waals surface area contributed by atoms with Crippen molar-refractivity contribution in [3.8, 4) is 34.3 Å². The Morgan fingerprint density at radius 3 is 2.47 bits per heavy atom. The third-order valence-corrected chi connectivity index (χ3v) is 5.26. The topological polar surface area (TPSA) is 61.9 Å². The number of nitrogens with zero attached hydrogens (tertiary/aromatic N) is 4. The highest BCUT2D eigenvalue weighted by atomic mass is 35.5. The van der Waals surface area contributed by atoms with Crippen molar-refractivity contribution in [2.75, 3.05) is 0 Å². The molecule has 0 N–H and O–H groups in total. The Morgan fingerprint density at radius 2 is 1.70 bits per heavy atom. The molecule has 1 aliphatic rings. The molecule has 3 heterocycles. The first-order valence-corrected chi connectivity index (χ1v) is 9.84. The average Bonchev–Trinajstić information content (AvgIpc) is 3.33. The Bertz CT molecular complexity index is 1280. The van der Waals surface area contributed by atoms with E-state index in [4.69, 9.17) is 16.3 Å². The molecule has 0 unspecified atom stereocenters. The van der Waals surface area contributed by atoms with Crippen LogP contribution in [0.25, 0.3) is 22.5 Å². The summed E-state index contributed by atoms with van der Waals surface area (Å²) in [6, 6.07) is 14.7. The summed E-state index contributed by atoms with van der Waals surface area (Å²) in [6.45, 7) is 1.33. The quantitative estimate of drug-likeness (QED) is 0.475. The largest absolute Gasteiger partial charge is 0.424 e. The second-order valence-corrected chi connectivity index (χ2v) is 7.35. The highest BCUT2D eigenvalue weighted by Gasteiger charge is 2.26. The summed E-state index contributed by atoms with van der Waals surface area (Å²) in [6.07, 6.45) is 2.46. The molecule has 0 saturated carbocycles. The Morgan fingerprint density at radius 1 is 0.967 bits per heavy atom. The first-order chi connectivity index (χ1) is 14.6. The predicted molar refractivity (Wildman–Crippen MR) is 111 cm³/mol. The number of halogens is 2. The van der Waals surface area contributed by atoms with Gasteiger partial charge in [0.25, 0.3) is 5.56 Å². The summed E-state index contributed by atoms with van der Waals surface area (Å²) in [5.74, 6) is 0.197. The van der Waals surface area contributed by atoms with Gasteiger partial charge in [-0.15, -0.1) is 0 Å². The van der Waals surface area contributed by atoms with Gasteiger partial charge >= 0.3 is 6.01 Å². The van der Waals surface area contributed by atoms with Crippen molar-refractivity contribution in [3.63, 3.8) is 0 Å². The molecular formula is C22H16ClFN4O2. The van der Waals surface area contributed by atoms with Gasteiger partial charge in [-0.05, 0) is 54.4 Å². The number of rotatable bonds is 4. The van der Waals surface area contributed by atoms with Crippen molar-refractivity contribution >= 4 is 11.6 Å². The average molecular weight is 423 g/mol. The second kappa shape index (κ2) is 7.42. The highest BCUT2D eigenvalue weighted by Crippen LogP contribution is 2.32. The maximum absolute atomic E-state index is 13.4. The van der Waals surface area contributed by atoms with Crippen LogP contribution in [0.15, 0.2) is 65.6 Å². The van der Waals surface area contributed by atoms with Crippen LogP contribution in [0.2, 0.25) is 5.02 Å². The molecule has 0 radical (unpaired) electrons. The summed E-state index contributed by atoms with van der Waals surface area (Å²) in [7, 11) is 0. The Labute approximate surface area is 176 Å². The van der Waals surface area contributed by atoms with Crippen LogP contribution in [-0.2, 0) is 13.1 Å². The van der Waals surface area contributed by atoms with Crippen LogP contribution < -0.4 is 10.3 Å². The van der Waals surface area contributed by atoms with E-state index < -0.39 is 0 Å². The van der Waals surface area contributed by atoms with Crippen molar-refractivity contribution in [1.29, 1.82) is 0 Å². The van der Waals surface area contributed by atoms with Gasteiger partial charge in [-0.25, -0.2) is 14.1 Å². The van der Waals surface area contributed by atoms with E-state index >= 15 is 0 Å². The lowest BCUT2D eigenvalue weighted by molar-refractivity contribution is 0.442. The van der Waals surface area contributed by atoms with Crippen molar-refractivity contribution in [2.45, 2.75) is 19.5 Å². The van der Waals surface area contributed by atoms with E-state index in [1.54, 1.807) is 53.3 Å². The number of fused-ring (bicyclic) bond motifs is 1. The molecular weight excluding hydrogens is 407 g/mol. The molecule has 0 bridgehead atoms. The second-order valence-electron chi connectivity index (χ2n) is 6.92. The van der Waals surface area contributed by atoms with Gasteiger partial charge in [0.1, 0.15) is 11.6 Å². The van der Waals surface area contributed by atoms with E-state index in [1.807, 2.05) is 4.68 Å². The molecule has 0 aliphatic carbocycles. The van der Waals surface area contributed by atoms with Gasteiger partial charge in [-0.1, -0.05) is 23.7 Å². The maximum Gasteiger partial charge on any atom is 0.322 e. The van der Waals surface area contributed by atoms with E-state index in [0.717, 1.165) is 6.42 Å². The van der Waals surface area contributed by atoms with Gasteiger partial charge in [0.2, 0.25) is 0 Å². The molecule has 150 valence electrons. The van der Waals surface area contributed by atoms with Gasteiger partial charge in [-0.3, -0.25) is 9.48 Å². The minimum atomic E-state index is -0.354. The van der Waals surface area contributed by atoms with Crippen LogP contribution in [0.3, 0.4) is 0 Å². The number of hydrogen-bond donors (Lipinski definition) is 0. The summed E-state index contributed by atoms with van der Waals surface area (Å²) >= 11 is 5.92. The number of aromatic nitrogens is 4. The fourth-order valence-corrected chi connectivity index (χ4v) is 3.81. The molecule has 30 heavy (non-hydrogen) atoms. The summed E-state index contributed by atoms with van der Waals surface area (Å²) in [4.78, 5) is 21.8. The van der Waals surface area contributed by atoms with E-state index in [-0.39, 0.29) is 17.4 Å². The van der Waals surface area contributed by atoms with Crippen LogP contribution in [-0.4, -0.2) is 19.3 Å². The van der Waals surface area contributed by atoms with Gasteiger partial charge in [-0.2, -0.15) is 4.98 Å². The maximum atomic E-state index is 13.4. The normalized spacial score (nSPS) is 12.7. The minimum absolute atomic E-state index is 0.118. The van der Waals surface area contributed by atoms with Gasteiger partial charge in [0.15, 0.2) is 0 Å². The third-order valence-electron chi connectivity index (χ3n) is 5.01. The fraction of sp³-hybridized carbons (Fsp3) is 0.136. The summed E-state index contributed by atoms with van der Waals surface area (Å²) < 4.78 is 22.8. The Hall–Kier alpha value is -3.45. The van der Waals surface area contributed by atoms with Gasteiger partial charge < -0.3 is 4.74 Å². The van der Waals surface area contributed by atoms with Crippen molar-refractivity contribution in [1.82, 2.24) is 19.3 Å². The number of benzene rings is 2. The van der Waals surface area contributed by atoms with Crippen molar-refractivity contribution < 1.29 is 9.13 Å². The fourth-order valence-electron chi connectivity index (χ4n) is 3.68. The molecule has 2 aromatic carbocycles. The van der Waals surface area contributed by atoms with Crippen molar-refractivity contribution in [2.24, 2.45) is 0 Å². The van der Waals surface area contributed by atoms with Crippen LogP contribution >= 0.6 is 11.6 Å². The zero-order valence-electron chi connectivity index (χ0n) is 15.8. The molecule has 0 amide bonds. The summed E-state index contributed by atoms with van der Waals surface area (Å²) in [5.41, 5.74) is 2.25. The first kappa shape index (κ1) is 18.6. The highest BCUT2D eigenvalue weighted by molar-refractivity contribution is 6.30. The van der Waals surface area contributed by atoms with Crippen LogP contribution in [0.4, 0.5) is 4.39 Å². The van der Waals surface area contributed by atoms with Crippen LogP contribution in [0.5, 0.6) is 11.8 Å². The smallest absolute Gasteiger partial charge is 0.322 e. The molecule has 0 atom stereocenters. The molecule has 0 fully saturated rings. The predicted octanol–water partition coefficient (Wildman–Crippen LogP) is 4.76. The van der Waals surface area contributed by atoms with Gasteiger partial charge in [0, 0.05) is 24.3 Å². The van der Waals surface area contributed by atoms with Crippen molar-refractivity contribution in [3.05, 3.63) is 82.0 Å². The van der Waals surface area contributed by atoms with E-state index in [0.29, 0.717) is 46.4 Å². The molecule has 5 rings (SSSR count). The number of hydrogen-bond acceptors (Lipinski definition) is 4. The molecule has 6 nitrogen and oxygen atoms in total. The minimum Gasteiger partial charge on any atom is -0.424 e. The molecule has 0 spiro atoms. The Kier molecular flexibility index (Phi) is 4.59. The monoisotopic (exact) mass is 422 g/mol. The Balaban J connectivity index is 1.62. The van der Waals surface area contributed by atoms with Gasteiger partial charge in [0.05, 0.1) is 17.0 Å². The lowest BCUT2D eigenvalue weighted by Crippen LogP contribution is -2.17. The van der Waals surface area contributed by atoms with Crippen LogP contribution in [0, 0.1) is 5.82 Å². The van der Waals surface area contributed by atoms with E-state index in [1.165, 1.54) is 12.1 Å². The van der Waals surface area contributed by atoms with E-state index in [9.17, 15) is 9.18 Å². The SMILES string of the molecule is O=c1c(-c2ccc(F)cc2)c(-c2ccnc(Oc3ccc(Cl)cc3)n2)n2n1CCC2. The van der Waals surface area contributed by atoms with E-state index in [2.05, 4.69) is 9.97 Å². The summed E-state index contributed by atoms with van der Waals surface area (Å²) in [5, 5.41) is 0.602. The zero-order valence-corrected chi connectivity index (χ0v) is 16.5. The molecule has 8 heteroatoms. The lowest BCUT2D eigenvalue weighted by atomic mass is 10.0. The molecule has 1 aliphatic heterocycles. The first-order valence-electron chi connectivity index (χ1n) is 9.46. The zero-order chi connectivity index (χ0) is 20.7. The van der Waals surface area contributed by atoms with Crippen LogP contribution in [0.1, 0.15) is 6.42 Å². The molecule has 0 saturated heterocycles. The molecule has 2 aromatic heterocycles. The molecule has 4 aromatic rings. The lowest BCUT2D eigenvalue weighted by Gasteiger charge is -2.09.